The smallest absolute Gasteiger partial charge is 0.358 e. The van der Waals surface area contributed by atoms with Crippen LogP contribution in [0.5, 0.6) is 0 Å². The SMILES string of the molecule is O=C(O)c1nccnc1NC(=O)C1Cc2ccccc2S1. The van der Waals surface area contributed by atoms with Crippen LogP contribution in [0.1, 0.15) is 16.1 Å². The number of carboxylic acids is 1. The molecule has 0 spiro atoms. The lowest BCUT2D eigenvalue weighted by Gasteiger charge is -2.10. The molecule has 0 fully saturated rings. The van der Waals surface area contributed by atoms with E-state index in [9.17, 15) is 9.59 Å². The molecule has 0 saturated carbocycles. The van der Waals surface area contributed by atoms with Gasteiger partial charge in [-0.3, -0.25) is 4.79 Å². The van der Waals surface area contributed by atoms with Crippen LogP contribution in [-0.4, -0.2) is 32.2 Å². The number of benzene rings is 1. The fraction of sp³-hybridized carbons (Fsp3) is 0.143. The molecule has 2 heterocycles. The Kier molecular flexibility index (Phi) is 3.57. The van der Waals surface area contributed by atoms with Gasteiger partial charge in [0, 0.05) is 17.3 Å². The second-order valence-electron chi connectivity index (χ2n) is 4.47. The highest BCUT2D eigenvalue weighted by Crippen LogP contribution is 2.37. The zero-order chi connectivity index (χ0) is 14.8. The van der Waals surface area contributed by atoms with Gasteiger partial charge in [-0.1, -0.05) is 18.2 Å². The van der Waals surface area contributed by atoms with Crippen LogP contribution in [0.25, 0.3) is 0 Å². The van der Waals surface area contributed by atoms with Crippen LogP contribution in [0.2, 0.25) is 0 Å². The van der Waals surface area contributed by atoms with Crippen molar-refractivity contribution < 1.29 is 14.7 Å². The Morgan fingerprint density at radius 2 is 2.00 bits per heavy atom. The topological polar surface area (TPSA) is 92.2 Å². The number of anilines is 1. The van der Waals surface area contributed by atoms with Gasteiger partial charge in [0.25, 0.3) is 0 Å². The first-order valence-electron chi connectivity index (χ1n) is 6.25. The van der Waals surface area contributed by atoms with Gasteiger partial charge in [-0.25, -0.2) is 14.8 Å². The fourth-order valence-corrected chi connectivity index (χ4v) is 3.31. The van der Waals surface area contributed by atoms with Gasteiger partial charge in [-0.05, 0) is 18.1 Å². The molecule has 1 aliphatic heterocycles. The Hall–Kier alpha value is -2.41. The number of carbonyl (C=O) groups is 2. The summed E-state index contributed by atoms with van der Waals surface area (Å²) in [5, 5.41) is 11.3. The maximum absolute atomic E-state index is 12.3. The van der Waals surface area contributed by atoms with Crippen LogP contribution in [-0.2, 0) is 11.2 Å². The molecule has 0 aliphatic carbocycles. The van der Waals surface area contributed by atoms with Gasteiger partial charge in [-0.2, -0.15) is 0 Å². The maximum atomic E-state index is 12.3. The van der Waals surface area contributed by atoms with Crippen molar-refractivity contribution in [2.75, 3.05) is 5.32 Å². The van der Waals surface area contributed by atoms with E-state index in [-0.39, 0.29) is 22.7 Å². The molecule has 0 bridgehead atoms. The van der Waals surface area contributed by atoms with Crippen molar-refractivity contribution in [3.63, 3.8) is 0 Å². The van der Waals surface area contributed by atoms with Crippen LogP contribution < -0.4 is 5.32 Å². The molecule has 1 aromatic heterocycles. The monoisotopic (exact) mass is 301 g/mol. The summed E-state index contributed by atoms with van der Waals surface area (Å²) < 4.78 is 0. The second kappa shape index (κ2) is 5.53. The van der Waals surface area contributed by atoms with Crippen molar-refractivity contribution in [3.05, 3.63) is 47.9 Å². The molecule has 2 N–H and O–H groups in total. The quantitative estimate of drug-likeness (QED) is 0.898. The fourth-order valence-electron chi connectivity index (χ4n) is 2.11. The number of fused-ring (bicyclic) bond motifs is 1. The number of nitrogens with zero attached hydrogens (tertiary/aromatic N) is 2. The van der Waals surface area contributed by atoms with E-state index in [1.165, 1.54) is 24.2 Å². The van der Waals surface area contributed by atoms with Gasteiger partial charge in [0.15, 0.2) is 11.5 Å². The van der Waals surface area contributed by atoms with Crippen molar-refractivity contribution >= 4 is 29.5 Å². The average Bonchev–Trinajstić information content (AvgIpc) is 2.91. The maximum Gasteiger partial charge on any atom is 0.358 e. The summed E-state index contributed by atoms with van der Waals surface area (Å²) in [6.07, 6.45) is 3.24. The molecule has 2 aromatic rings. The van der Waals surface area contributed by atoms with E-state index in [0.717, 1.165) is 10.5 Å². The first-order valence-corrected chi connectivity index (χ1v) is 7.13. The summed E-state index contributed by atoms with van der Waals surface area (Å²) in [4.78, 5) is 32.0. The number of hydrogen-bond donors (Lipinski definition) is 2. The third-order valence-corrected chi connectivity index (χ3v) is 4.40. The largest absolute Gasteiger partial charge is 0.476 e. The van der Waals surface area contributed by atoms with Crippen LogP contribution in [0.4, 0.5) is 5.82 Å². The number of aromatic carboxylic acids is 1. The minimum absolute atomic E-state index is 0.0217. The van der Waals surface area contributed by atoms with E-state index < -0.39 is 5.97 Å². The molecule has 21 heavy (non-hydrogen) atoms. The Balaban J connectivity index is 1.76. The summed E-state index contributed by atoms with van der Waals surface area (Å²) >= 11 is 1.47. The van der Waals surface area contributed by atoms with Gasteiger partial charge >= 0.3 is 5.97 Å². The number of nitrogens with one attached hydrogen (secondary N) is 1. The minimum Gasteiger partial charge on any atom is -0.476 e. The second-order valence-corrected chi connectivity index (χ2v) is 5.71. The van der Waals surface area contributed by atoms with E-state index in [2.05, 4.69) is 15.3 Å². The number of aromatic nitrogens is 2. The van der Waals surface area contributed by atoms with Crippen molar-refractivity contribution in [1.82, 2.24) is 9.97 Å². The molecule has 1 unspecified atom stereocenters. The Labute approximate surface area is 124 Å². The van der Waals surface area contributed by atoms with Crippen LogP contribution >= 0.6 is 11.8 Å². The number of amides is 1. The van der Waals surface area contributed by atoms with E-state index in [0.29, 0.717) is 6.42 Å². The highest BCUT2D eigenvalue weighted by Gasteiger charge is 2.29. The van der Waals surface area contributed by atoms with E-state index >= 15 is 0 Å². The first kappa shape index (κ1) is 13.6. The third-order valence-electron chi connectivity index (χ3n) is 3.08. The Bertz CT molecular complexity index is 695. The van der Waals surface area contributed by atoms with Crippen molar-refractivity contribution in [1.29, 1.82) is 0 Å². The van der Waals surface area contributed by atoms with Gasteiger partial charge in [0.1, 0.15) is 0 Å². The molecule has 106 valence electrons. The van der Waals surface area contributed by atoms with Gasteiger partial charge in [0.05, 0.1) is 5.25 Å². The van der Waals surface area contributed by atoms with E-state index in [4.69, 9.17) is 5.11 Å². The lowest BCUT2D eigenvalue weighted by atomic mass is 10.1. The Morgan fingerprint density at radius 3 is 2.76 bits per heavy atom. The molecule has 7 heteroatoms. The molecule has 1 aromatic carbocycles. The van der Waals surface area contributed by atoms with Crippen LogP contribution in [0.15, 0.2) is 41.6 Å². The molecule has 0 radical (unpaired) electrons. The van der Waals surface area contributed by atoms with Crippen LogP contribution in [0.3, 0.4) is 0 Å². The van der Waals surface area contributed by atoms with Crippen molar-refractivity contribution in [2.24, 2.45) is 0 Å². The van der Waals surface area contributed by atoms with E-state index in [1.54, 1.807) is 0 Å². The zero-order valence-electron chi connectivity index (χ0n) is 10.8. The lowest BCUT2D eigenvalue weighted by Crippen LogP contribution is -2.26. The molecule has 0 saturated heterocycles. The van der Waals surface area contributed by atoms with Crippen molar-refractivity contribution in [2.45, 2.75) is 16.6 Å². The summed E-state index contributed by atoms with van der Waals surface area (Å²) in [6.45, 7) is 0. The standard InChI is InChI=1S/C14H11N3O3S/c18-13(10-7-8-3-1-2-4-9(8)21-10)17-12-11(14(19)20)15-5-6-16-12/h1-6,10H,7H2,(H,19,20)(H,16,17,18). The summed E-state index contributed by atoms with van der Waals surface area (Å²) in [5.41, 5.74) is 0.867. The number of hydrogen-bond acceptors (Lipinski definition) is 5. The zero-order valence-corrected chi connectivity index (χ0v) is 11.6. The minimum atomic E-state index is -1.22. The molecular formula is C14H11N3O3S. The average molecular weight is 301 g/mol. The first-order chi connectivity index (χ1) is 10.1. The predicted molar refractivity (Wildman–Crippen MR) is 77.4 cm³/mol. The number of carboxylic acid groups (broad SMARTS) is 1. The molecule has 3 rings (SSSR count). The van der Waals surface area contributed by atoms with Crippen molar-refractivity contribution in [3.8, 4) is 0 Å². The number of carbonyl (C=O) groups excluding carboxylic acids is 1. The Morgan fingerprint density at radius 1 is 1.24 bits per heavy atom. The van der Waals surface area contributed by atoms with Gasteiger partial charge in [0.2, 0.25) is 5.91 Å². The molecule has 1 atom stereocenters. The molecular weight excluding hydrogens is 290 g/mol. The molecule has 6 nitrogen and oxygen atoms in total. The lowest BCUT2D eigenvalue weighted by molar-refractivity contribution is -0.115. The summed E-state index contributed by atoms with van der Waals surface area (Å²) in [6, 6.07) is 7.82. The summed E-state index contributed by atoms with van der Waals surface area (Å²) in [5.74, 6) is -1.51. The van der Waals surface area contributed by atoms with Gasteiger partial charge in [-0.15, -0.1) is 11.8 Å². The van der Waals surface area contributed by atoms with Crippen LogP contribution in [0, 0.1) is 0 Å². The predicted octanol–water partition coefficient (Wildman–Crippen LogP) is 1.83. The van der Waals surface area contributed by atoms with Gasteiger partial charge < -0.3 is 10.4 Å². The highest BCUT2D eigenvalue weighted by atomic mass is 32.2. The molecule has 1 aliphatic rings. The third kappa shape index (κ3) is 2.73. The summed E-state index contributed by atoms with van der Waals surface area (Å²) in [7, 11) is 0. The number of thioether (sulfide) groups is 1. The normalized spacial score (nSPS) is 16.3. The van der Waals surface area contributed by atoms with E-state index in [1.807, 2.05) is 24.3 Å². The molecule has 1 amide bonds. The highest BCUT2D eigenvalue weighted by molar-refractivity contribution is 8.01. The number of rotatable bonds is 3.